The number of H-pyrrole nitrogens is 1. The maximum Gasteiger partial charge on any atom is 0.354 e. The first-order valence-corrected chi connectivity index (χ1v) is 6.21. The first kappa shape index (κ1) is 14.0. The molecule has 0 fully saturated rings. The number of carbonyl (C=O) groups excluding carboxylic acids is 1. The van der Waals surface area contributed by atoms with Gasteiger partial charge in [0.15, 0.2) is 0 Å². The third-order valence-electron chi connectivity index (χ3n) is 2.72. The monoisotopic (exact) mass is 289 g/mol. The highest BCUT2D eigenvalue weighted by atomic mass is 35.5. The van der Waals surface area contributed by atoms with E-state index in [0.29, 0.717) is 28.5 Å². The molecule has 102 valence electrons. The number of methoxy groups -OCH3 is 1. The van der Waals surface area contributed by atoms with Crippen molar-refractivity contribution in [2.24, 2.45) is 0 Å². The summed E-state index contributed by atoms with van der Waals surface area (Å²) in [6.45, 7) is 0.450. The number of hydrogen-bond donors (Lipinski definition) is 2. The van der Waals surface area contributed by atoms with Crippen LogP contribution in [0.5, 0.6) is 0 Å². The van der Waals surface area contributed by atoms with Crippen LogP contribution in [0.15, 0.2) is 30.3 Å². The number of nitrogens with zero attached hydrogens (tertiary/aromatic N) is 1. The molecule has 0 aliphatic carbocycles. The second-order valence-corrected chi connectivity index (χ2v) is 4.46. The highest BCUT2D eigenvalue weighted by Crippen LogP contribution is 2.23. The molecule has 20 heavy (non-hydrogen) atoms. The van der Waals surface area contributed by atoms with Gasteiger partial charge in [-0.2, -0.15) is 5.26 Å². The number of aromatic amines is 1. The van der Waals surface area contributed by atoms with Gasteiger partial charge in [0, 0.05) is 5.69 Å². The second kappa shape index (κ2) is 6.13. The van der Waals surface area contributed by atoms with E-state index in [-0.39, 0.29) is 0 Å². The van der Waals surface area contributed by atoms with Gasteiger partial charge in [0.25, 0.3) is 0 Å². The van der Waals surface area contributed by atoms with Crippen LogP contribution >= 0.6 is 11.6 Å². The maximum absolute atomic E-state index is 11.3. The molecule has 0 bridgehead atoms. The number of rotatable bonds is 4. The van der Waals surface area contributed by atoms with Gasteiger partial charge in [0.2, 0.25) is 0 Å². The minimum absolute atomic E-state index is 0.390. The predicted molar refractivity (Wildman–Crippen MR) is 75.6 cm³/mol. The average Bonchev–Trinajstić information content (AvgIpc) is 2.94. The molecule has 0 spiro atoms. The molecule has 0 atom stereocenters. The summed E-state index contributed by atoms with van der Waals surface area (Å²) in [4.78, 5) is 14.2. The molecular weight excluding hydrogens is 278 g/mol. The topological polar surface area (TPSA) is 77.9 Å². The zero-order chi connectivity index (χ0) is 14.5. The van der Waals surface area contributed by atoms with Gasteiger partial charge in [-0.3, -0.25) is 0 Å². The Morgan fingerprint density at radius 3 is 2.95 bits per heavy atom. The first-order valence-electron chi connectivity index (χ1n) is 5.83. The molecule has 2 aromatic rings. The number of esters is 1. The van der Waals surface area contributed by atoms with Crippen molar-refractivity contribution in [1.82, 2.24) is 4.98 Å². The third-order valence-corrected chi connectivity index (χ3v) is 3.05. The molecule has 6 heteroatoms. The Hall–Kier alpha value is -2.45. The van der Waals surface area contributed by atoms with Gasteiger partial charge >= 0.3 is 5.97 Å². The second-order valence-electron chi connectivity index (χ2n) is 4.05. The lowest BCUT2D eigenvalue weighted by molar-refractivity contribution is 0.0594. The van der Waals surface area contributed by atoms with E-state index in [1.165, 1.54) is 7.11 Å². The number of halogens is 1. The fraction of sp³-hybridized carbons (Fsp3) is 0.143. The van der Waals surface area contributed by atoms with Crippen molar-refractivity contribution in [3.63, 3.8) is 0 Å². The lowest BCUT2D eigenvalue weighted by Crippen LogP contribution is -2.04. The molecule has 1 aromatic carbocycles. The van der Waals surface area contributed by atoms with Gasteiger partial charge in [-0.15, -0.1) is 0 Å². The maximum atomic E-state index is 11.3. The number of carbonyl (C=O) groups is 1. The Morgan fingerprint density at radius 1 is 1.45 bits per heavy atom. The van der Waals surface area contributed by atoms with Crippen molar-refractivity contribution >= 4 is 23.3 Å². The van der Waals surface area contributed by atoms with Crippen molar-refractivity contribution in [2.45, 2.75) is 6.54 Å². The molecule has 0 amide bonds. The molecule has 1 aromatic heterocycles. The molecule has 0 radical (unpaired) electrons. The van der Waals surface area contributed by atoms with Crippen molar-refractivity contribution in [3.05, 3.63) is 52.3 Å². The quantitative estimate of drug-likeness (QED) is 0.848. The molecule has 2 N–H and O–H groups in total. The van der Waals surface area contributed by atoms with E-state index in [1.54, 1.807) is 30.3 Å². The number of benzene rings is 1. The van der Waals surface area contributed by atoms with E-state index in [1.807, 2.05) is 0 Å². The number of ether oxygens (including phenoxy) is 1. The highest BCUT2D eigenvalue weighted by Gasteiger charge is 2.08. The Balaban J connectivity index is 2.07. The summed E-state index contributed by atoms with van der Waals surface area (Å²) in [6.07, 6.45) is 0. The third kappa shape index (κ3) is 3.11. The summed E-state index contributed by atoms with van der Waals surface area (Å²) >= 11 is 6.04. The van der Waals surface area contributed by atoms with E-state index < -0.39 is 5.97 Å². The molecule has 0 aliphatic heterocycles. The zero-order valence-electron chi connectivity index (χ0n) is 10.7. The van der Waals surface area contributed by atoms with E-state index in [9.17, 15) is 4.79 Å². The van der Waals surface area contributed by atoms with Crippen LogP contribution in [0.2, 0.25) is 5.02 Å². The Labute approximate surface area is 121 Å². The summed E-state index contributed by atoms with van der Waals surface area (Å²) < 4.78 is 4.61. The summed E-state index contributed by atoms with van der Waals surface area (Å²) in [6, 6.07) is 10.5. The first-order chi connectivity index (χ1) is 9.63. The van der Waals surface area contributed by atoms with Crippen molar-refractivity contribution in [2.75, 3.05) is 12.4 Å². The number of aromatic nitrogens is 1. The van der Waals surface area contributed by atoms with Crippen LogP contribution in [-0.4, -0.2) is 18.1 Å². The fourth-order valence-electron chi connectivity index (χ4n) is 1.69. The molecule has 2 rings (SSSR count). The van der Waals surface area contributed by atoms with Gasteiger partial charge in [-0.1, -0.05) is 11.6 Å². The van der Waals surface area contributed by atoms with Crippen molar-refractivity contribution in [1.29, 1.82) is 5.26 Å². The molecule has 0 unspecified atom stereocenters. The Bertz CT molecular complexity index is 673. The molecular formula is C14H12ClN3O2. The smallest absolute Gasteiger partial charge is 0.354 e. The summed E-state index contributed by atoms with van der Waals surface area (Å²) in [5.41, 5.74) is 2.39. The summed E-state index contributed by atoms with van der Waals surface area (Å²) in [7, 11) is 1.33. The fourth-order valence-corrected chi connectivity index (χ4v) is 1.88. The summed E-state index contributed by atoms with van der Waals surface area (Å²) in [5.74, 6) is -0.416. The normalized spacial score (nSPS) is 9.85. The minimum atomic E-state index is -0.416. The van der Waals surface area contributed by atoms with E-state index in [0.717, 1.165) is 5.69 Å². The van der Waals surface area contributed by atoms with Crippen LogP contribution in [-0.2, 0) is 11.3 Å². The van der Waals surface area contributed by atoms with Crippen molar-refractivity contribution in [3.8, 4) is 6.07 Å². The predicted octanol–water partition coefficient (Wildman–Crippen LogP) is 2.94. The Morgan fingerprint density at radius 2 is 2.25 bits per heavy atom. The van der Waals surface area contributed by atoms with Gasteiger partial charge in [0.05, 0.1) is 36.0 Å². The number of anilines is 1. The molecule has 1 heterocycles. The van der Waals surface area contributed by atoms with Gasteiger partial charge < -0.3 is 15.0 Å². The van der Waals surface area contributed by atoms with E-state index >= 15 is 0 Å². The van der Waals surface area contributed by atoms with Crippen LogP contribution in [0.4, 0.5) is 5.69 Å². The number of hydrogen-bond acceptors (Lipinski definition) is 4. The van der Waals surface area contributed by atoms with Crippen LogP contribution in [0.3, 0.4) is 0 Å². The van der Waals surface area contributed by atoms with Crippen LogP contribution in [0, 0.1) is 11.3 Å². The van der Waals surface area contributed by atoms with Gasteiger partial charge in [0.1, 0.15) is 5.69 Å². The van der Waals surface area contributed by atoms with Crippen LogP contribution < -0.4 is 5.32 Å². The van der Waals surface area contributed by atoms with Gasteiger partial charge in [-0.25, -0.2) is 4.79 Å². The van der Waals surface area contributed by atoms with E-state index in [2.05, 4.69) is 21.1 Å². The Kier molecular flexibility index (Phi) is 4.28. The molecule has 0 aliphatic rings. The molecule has 0 saturated heterocycles. The van der Waals surface area contributed by atoms with Crippen LogP contribution in [0.1, 0.15) is 21.7 Å². The van der Waals surface area contributed by atoms with E-state index in [4.69, 9.17) is 16.9 Å². The highest BCUT2D eigenvalue weighted by molar-refractivity contribution is 6.33. The summed E-state index contributed by atoms with van der Waals surface area (Å²) in [5, 5.41) is 12.5. The van der Waals surface area contributed by atoms with Crippen molar-refractivity contribution < 1.29 is 9.53 Å². The van der Waals surface area contributed by atoms with Crippen LogP contribution in [0.25, 0.3) is 0 Å². The minimum Gasteiger partial charge on any atom is -0.464 e. The molecule has 0 saturated carbocycles. The lowest BCUT2D eigenvalue weighted by atomic mass is 10.2. The lowest BCUT2D eigenvalue weighted by Gasteiger charge is -2.07. The molecule has 5 nitrogen and oxygen atoms in total. The largest absolute Gasteiger partial charge is 0.464 e. The number of nitriles is 1. The SMILES string of the molecule is COC(=O)c1ccc(CNc2cc(C#N)ccc2Cl)[nH]1. The average molecular weight is 290 g/mol. The number of nitrogens with one attached hydrogen (secondary N) is 2. The zero-order valence-corrected chi connectivity index (χ0v) is 11.5. The van der Waals surface area contributed by atoms with Gasteiger partial charge in [-0.05, 0) is 30.3 Å². The standard InChI is InChI=1S/C14H12ClN3O2/c1-20-14(19)12-5-3-10(18-12)8-17-13-6-9(7-16)2-4-11(13)15/h2-6,17-18H,8H2,1H3.